The molecule has 0 aliphatic carbocycles. The fourth-order valence-corrected chi connectivity index (χ4v) is 2.22. The quantitative estimate of drug-likeness (QED) is 0.694. The molecule has 0 amide bonds. The summed E-state index contributed by atoms with van der Waals surface area (Å²) in [5.41, 5.74) is 3.04. The van der Waals surface area contributed by atoms with E-state index in [1.807, 2.05) is 41.8 Å². The fourth-order valence-electron chi connectivity index (χ4n) is 2.22. The van der Waals surface area contributed by atoms with Gasteiger partial charge in [0.15, 0.2) is 0 Å². The van der Waals surface area contributed by atoms with Gasteiger partial charge >= 0.3 is 5.97 Å². The standard InChI is InChI=1S/C17H16N2O3/c1-12-5-3-4-6-15(12)22-11-14-10-19-8-7-13(17(20)21-2)9-16(19)18-14/h3-10H,11H2,1-2H3. The largest absolute Gasteiger partial charge is 0.487 e. The fraction of sp³-hybridized carbons (Fsp3) is 0.176. The molecule has 0 saturated carbocycles. The summed E-state index contributed by atoms with van der Waals surface area (Å²) in [5.74, 6) is 0.470. The first-order valence-electron chi connectivity index (χ1n) is 6.92. The van der Waals surface area contributed by atoms with Crippen LogP contribution in [0.4, 0.5) is 0 Å². The van der Waals surface area contributed by atoms with Crippen LogP contribution in [0.15, 0.2) is 48.8 Å². The summed E-state index contributed by atoms with van der Waals surface area (Å²) in [6.07, 6.45) is 3.67. The molecule has 0 saturated heterocycles. The van der Waals surface area contributed by atoms with Gasteiger partial charge < -0.3 is 13.9 Å². The molecule has 3 aromatic rings. The van der Waals surface area contributed by atoms with Crippen LogP contribution in [-0.2, 0) is 11.3 Å². The summed E-state index contributed by atoms with van der Waals surface area (Å²) in [4.78, 5) is 16.0. The first-order chi connectivity index (χ1) is 10.7. The van der Waals surface area contributed by atoms with Crippen molar-refractivity contribution in [3.8, 4) is 5.75 Å². The van der Waals surface area contributed by atoms with Crippen molar-refractivity contribution in [2.24, 2.45) is 0 Å². The van der Waals surface area contributed by atoms with Crippen LogP contribution in [0, 0.1) is 6.92 Å². The number of ether oxygens (including phenoxy) is 2. The third-order valence-electron chi connectivity index (χ3n) is 3.40. The highest BCUT2D eigenvalue weighted by molar-refractivity contribution is 5.90. The highest BCUT2D eigenvalue weighted by atomic mass is 16.5. The zero-order valence-electron chi connectivity index (χ0n) is 12.4. The van der Waals surface area contributed by atoms with Gasteiger partial charge in [0.1, 0.15) is 18.0 Å². The Morgan fingerprint density at radius 3 is 2.86 bits per heavy atom. The summed E-state index contributed by atoms with van der Waals surface area (Å²) >= 11 is 0. The molecule has 3 rings (SSSR count). The number of aromatic nitrogens is 2. The van der Waals surface area contributed by atoms with E-state index in [-0.39, 0.29) is 5.97 Å². The van der Waals surface area contributed by atoms with Gasteiger partial charge in [-0.15, -0.1) is 0 Å². The molecule has 0 fully saturated rings. The van der Waals surface area contributed by atoms with E-state index in [0.717, 1.165) is 17.0 Å². The Labute approximate surface area is 128 Å². The molecule has 5 heteroatoms. The number of benzene rings is 1. The predicted molar refractivity (Wildman–Crippen MR) is 82.0 cm³/mol. The summed E-state index contributed by atoms with van der Waals surface area (Å²) in [5, 5.41) is 0. The van der Waals surface area contributed by atoms with Gasteiger partial charge in [-0.25, -0.2) is 9.78 Å². The number of carbonyl (C=O) groups excluding carboxylic acids is 1. The second-order valence-electron chi connectivity index (χ2n) is 4.96. The summed E-state index contributed by atoms with van der Waals surface area (Å²) in [6, 6.07) is 11.2. The van der Waals surface area contributed by atoms with E-state index in [2.05, 4.69) is 4.98 Å². The van der Waals surface area contributed by atoms with E-state index in [0.29, 0.717) is 17.8 Å². The number of carbonyl (C=O) groups is 1. The highest BCUT2D eigenvalue weighted by Crippen LogP contribution is 2.18. The van der Waals surface area contributed by atoms with Gasteiger partial charge in [-0.3, -0.25) is 0 Å². The number of pyridine rings is 1. The normalized spacial score (nSPS) is 10.6. The maximum Gasteiger partial charge on any atom is 0.338 e. The van der Waals surface area contributed by atoms with Crippen molar-refractivity contribution < 1.29 is 14.3 Å². The second-order valence-corrected chi connectivity index (χ2v) is 4.96. The zero-order valence-corrected chi connectivity index (χ0v) is 12.4. The molecule has 0 unspecified atom stereocenters. The number of rotatable bonds is 4. The van der Waals surface area contributed by atoms with Crippen LogP contribution in [-0.4, -0.2) is 22.5 Å². The van der Waals surface area contributed by atoms with Crippen LogP contribution >= 0.6 is 0 Å². The molecule has 1 aromatic carbocycles. The van der Waals surface area contributed by atoms with E-state index in [9.17, 15) is 4.79 Å². The molecule has 22 heavy (non-hydrogen) atoms. The molecular weight excluding hydrogens is 280 g/mol. The van der Waals surface area contributed by atoms with E-state index in [4.69, 9.17) is 9.47 Å². The molecule has 0 spiro atoms. The van der Waals surface area contributed by atoms with E-state index < -0.39 is 0 Å². The SMILES string of the molecule is COC(=O)c1ccn2cc(COc3ccccc3C)nc2c1. The monoisotopic (exact) mass is 296 g/mol. The van der Waals surface area contributed by atoms with Gasteiger partial charge in [0.2, 0.25) is 0 Å². The number of hydrogen-bond acceptors (Lipinski definition) is 4. The molecule has 0 atom stereocenters. The van der Waals surface area contributed by atoms with Gasteiger partial charge in [-0.1, -0.05) is 18.2 Å². The third-order valence-corrected chi connectivity index (χ3v) is 3.40. The number of methoxy groups -OCH3 is 1. The minimum atomic E-state index is -0.372. The first-order valence-corrected chi connectivity index (χ1v) is 6.92. The Morgan fingerprint density at radius 1 is 1.27 bits per heavy atom. The van der Waals surface area contributed by atoms with Gasteiger partial charge in [-0.05, 0) is 30.7 Å². The van der Waals surface area contributed by atoms with Crippen molar-refractivity contribution in [3.63, 3.8) is 0 Å². The number of aryl methyl sites for hydroxylation is 1. The Bertz CT molecular complexity index is 824. The Hall–Kier alpha value is -2.82. The van der Waals surface area contributed by atoms with Crippen molar-refractivity contribution in [1.82, 2.24) is 9.38 Å². The number of imidazole rings is 1. The average molecular weight is 296 g/mol. The lowest BCUT2D eigenvalue weighted by molar-refractivity contribution is 0.0600. The molecular formula is C17H16N2O3. The van der Waals surface area contributed by atoms with Gasteiger partial charge in [0.25, 0.3) is 0 Å². The van der Waals surface area contributed by atoms with Crippen molar-refractivity contribution in [2.45, 2.75) is 13.5 Å². The molecule has 0 aliphatic rings. The molecule has 0 radical (unpaired) electrons. The molecule has 112 valence electrons. The van der Waals surface area contributed by atoms with Gasteiger partial charge in [-0.2, -0.15) is 0 Å². The number of esters is 1. The summed E-state index contributed by atoms with van der Waals surface area (Å²) in [6.45, 7) is 2.38. The minimum Gasteiger partial charge on any atom is -0.487 e. The van der Waals surface area contributed by atoms with Crippen LogP contribution < -0.4 is 4.74 Å². The summed E-state index contributed by atoms with van der Waals surface area (Å²) < 4.78 is 12.3. The van der Waals surface area contributed by atoms with Crippen LogP contribution in [0.1, 0.15) is 21.6 Å². The van der Waals surface area contributed by atoms with Gasteiger partial charge in [0.05, 0.1) is 18.4 Å². The molecule has 5 nitrogen and oxygen atoms in total. The van der Waals surface area contributed by atoms with E-state index in [1.165, 1.54) is 7.11 Å². The van der Waals surface area contributed by atoms with Crippen LogP contribution in [0.2, 0.25) is 0 Å². The van der Waals surface area contributed by atoms with Crippen molar-refractivity contribution in [1.29, 1.82) is 0 Å². The number of nitrogens with zero attached hydrogens (tertiary/aromatic N) is 2. The van der Waals surface area contributed by atoms with Crippen molar-refractivity contribution >= 4 is 11.6 Å². The Balaban J connectivity index is 1.80. The van der Waals surface area contributed by atoms with Crippen molar-refractivity contribution in [2.75, 3.05) is 7.11 Å². The molecule has 0 N–H and O–H groups in total. The maximum atomic E-state index is 11.5. The van der Waals surface area contributed by atoms with Crippen LogP contribution in [0.3, 0.4) is 0 Å². The predicted octanol–water partition coefficient (Wildman–Crippen LogP) is 3.01. The second kappa shape index (κ2) is 5.89. The Morgan fingerprint density at radius 2 is 2.09 bits per heavy atom. The maximum absolute atomic E-state index is 11.5. The van der Waals surface area contributed by atoms with E-state index >= 15 is 0 Å². The van der Waals surface area contributed by atoms with E-state index in [1.54, 1.807) is 18.3 Å². The first kappa shape index (κ1) is 14.1. The Kier molecular flexibility index (Phi) is 3.78. The van der Waals surface area contributed by atoms with Crippen LogP contribution in [0.25, 0.3) is 5.65 Å². The number of fused-ring (bicyclic) bond motifs is 1. The molecule has 0 aliphatic heterocycles. The smallest absolute Gasteiger partial charge is 0.338 e. The molecule has 2 heterocycles. The lowest BCUT2D eigenvalue weighted by Crippen LogP contribution is -2.01. The lowest BCUT2D eigenvalue weighted by Gasteiger charge is -2.06. The average Bonchev–Trinajstić information content (AvgIpc) is 2.95. The summed E-state index contributed by atoms with van der Waals surface area (Å²) in [7, 11) is 1.36. The third kappa shape index (κ3) is 2.79. The molecule has 2 aromatic heterocycles. The zero-order chi connectivity index (χ0) is 15.5. The van der Waals surface area contributed by atoms with Crippen molar-refractivity contribution in [3.05, 3.63) is 65.6 Å². The lowest BCUT2D eigenvalue weighted by atomic mass is 10.2. The molecule has 0 bridgehead atoms. The number of para-hydroxylation sites is 1. The van der Waals surface area contributed by atoms with Gasteiger partial charge in [0, 0.05) is 12.4 Å². The number of hydrogen-bond donors (Lipinski definition) is 0. The highest BCUT2D eigenvalue weighted by Gasteiger charge is 2.09. The minimum absolute atomic E-state index is 0.372. The topological polar surface area (TPSA) is 52.8 Å². The van der Waals surface area contributed by atoms with Crippen LogP contribution in [0.5, 0.6) is 5.75 Å².